The molecular formula is C15H23NO. The van der Waals surface area contributed by atoms with Crippen molar-refractivity contribution in [1.82, 2.24) is 0 Å². The van der Waals surface area contributed by atoms with E-state index in [0.29, 0.717) is 5.92 Å². The molecule has 0 aliphatic heterocycles. The summed E-state index contributed by atoms with van der Waals surface area (Å²) in [5.74, 6) is 3.86. The number of rotatable bonds is 3. The maximum atomic E-state index is 6.13. The SMILES string of the molecule is CC1CC1c1ccc(C2(CN)CCCCC2)o1. The molecule has 0 radical (unpaired) electrons. The lowest BCUT2D eigenvalue weighted by molar-refractivity contribution is 0.246. The summed E-state index contributed by atoms with van der Waals surface area (Å²) in [5.41, 5.74) is 6.19. The Bertz CT molecular complexity index is 389. The van der Waals surface area contributed by atoms with Gasteiger partial charge in [-0.2, -0.15) is 0 Å². The average molecular weight is 233 g/mol. The first-order valence-electron chi connectivity index (χ1n) is 7.05. The highest BCUT2D eigenvalue weighted by Gasteiger charge is 2.40. The molecule has 2 fully saturated rings. The Balaban J connectivity index is 1.83. The molecule has 2 heteroatoms. The molecular weight excluding hydrogens is 210 g/mol. The molecule has 2 N–H and O–H groups in total. The highest BCUT2D eigenvalue weighted by molar-refractivity contribution is 5.23. The van der Waals surface area contributed by atoms with Gasteiger partial charge in [-0.05, 0) is 37.3 Å². The Kier molecular flexibility index (Phi) is 2.78. The van der Waals surface area contributed by atoms with Crippen molar-refractivity contribution in [2.45, 2.75) is 56.8 Å². The molecule has 2 saturated carbocycles. The van der Waals surface area contributed by atoms with Crippen LogP contribution in [0, 0.1) is 5.92 Å². The standard InChI is InChI=1S/C15H23NO/c1-11-9-12(11)13-5-6-14(17-13)15(10-16)7-3-2-4-8-15/h5-6,11-12H,2-4,7-10,16H2,1H3. The number of hydrogen-bond donors (Lipinski definition) is 1. The maximum Gasteiger partial charge on any atom is 0.111 e. The van der Waals surface area contributed by atoms with Gasteiger partial charge in [-0.25, -0.2) is 0 Å². The minimum atomic E-state index is 0.147. The van der Waals surface area contributed by atoms with Crippen LogP contribution in [0.1, 0.15) is 62.9 Å². The molecule has 2 unspecified atom stereocenters. The summed E-state index contributed by atoms with van der Waals surface area (Å²) in [6, 6.07) is 4.38. The third-order valence-corrected chi connectivity index (χ3v) is 4.83. The molecule has 2 atom stereocenters. The quantitative estimate of drug-likeness (QED) is 0.867. The Labute approximate surface area is 104 Å². The molecule has 17 heavy (non-hydrogen) atoms. The average Bonchev–Trinajstić information content (AvgIpc) is 2.92. The first-order valence-corrected chi connectivity index (χ1v) is 7.05. The first-order chi connectivity index (χ1) is 8.25. The van der Waals surface area contributed by atoms with Crippen molar-refractivity contribution >= 4 is 0 Å². The molecule has 0 saturated heterocycles. The zero-order valence-electron chi connectivity index (χ0n) is 10.7. The topological polar surface area (TPSA) is 39.2 Å². The molecule has 1 aromatic heterocycles. The van der Waals surface area contributed by atoms with Crippen LogP contribution in [0.3, 0.4) is 0 Å². The van der Waals surface area contributed by atoms with E-state index in [1.54, 1.807) is 0 Å². The Morgan fingerprint density at radius 2 is 2.00 bits per heavy atom. The molecule has 94 valence electrons. The van der Waals surface area contributed by atoms with Gasteiger partial charge in [-0.3, -0.25) is 0 Å². The largest absolute Gasteiger partial charge is 0.465 e. The van der Waals surface area contributed by atoms with Crippen LogP contribution in [0.15, 0.2) is 16.5 Å². The third-order valence-electron chi connectivity index (χ3n) is 4.83. The molecule has 1 heterocycles. The normalized spacial score (nSPS) is 31.4. The highest BCUT2D eigenvalue weighted by atomic mass is 16.3. The first kappa shape index (κ1) is 11.3. The van der Waals surface area contributed by atoms with Crippen LogP contribution in [-0.2, 0) is 5.41 Å². The van der Waals surface area contributed by atoms with Crippen molar-refractivity contribution in [2.24, 2.45) is 11.7 Å². The van der Waals surface area contributed by atoms with Gasteiger partial charge in [-0.1, -0.05) is 26.2 Å². The second-order valence-corrected chi connectivity index (χ2v) is 6.07. The van der Waals surface area contributed by atoms with E-state index in [9.17, 15) is 0 Å². The van der Waals surface area contributed by atoms with Gasteiger partial charge in [0, 0.05) is 17.9 Å². The summed E-state index contributed by atoms with van der Waals surface area (Å²) in [6.07, 6.45) is 7.66. The van der Waals surface area contributed by atoms with Crippen molar-refractivity contribution in [3.8, 4) is 0 Å². The van der Waals surface area contributed by atoms with Crippen molar-refractivity contribution < 1.29 is 4.42 Å². The molecule has 1 aromatic rings. The summed E-state index contributed by atoms with van der Waals surface area (Å²) in [4.78, 5) is 0. The van der Waals surface area contributed by atoms with Crippen LogP contribution >= 0.6 is 0 Å². The van der Waals surface area contributed by atoms with E-state index in [1.807, 2.05) is 0 Å². The van der Waals surface area contributed by atoms with Gasteiger partial charge < -0.3 is 10.2 Å². The van der Waals surface area contributed by atoms with Crippen LogP contribution in [-0.4, -0.2) is 6.54 Å². The smallest absolute Gasteiger partial charge is 0.111 e. The second-order valence-electron chi connectivity index (χ2n) is 6.07. The fourth-order valence-corrected chi connectivity index (χ4v) is 3.34. The Morgan fingerprint density at radius 1 is 1.29 bits per heavy atom. The van der Waals surface area contributed by atoms with Crippen molar-refractivity contribution in [1.29, 1.82) is 0 Å². The molecule has 2 aliphatic rings. The lowest BCUT2D eigenvalue weighted by Gasteiger charge is -2.34. The van der Waals surface area contributed by atoms with Gasteiger partial charge in [0.1, 0.15) is 11.5 Å². The zero-order valence-corrected chi connectivity index (χ0v) is 10.7. The van der Waals surface area contributed by atoms with Crippen molar-refractivity contribution in [3.63, 3.8) is 0 Å². The molecule has 3 rings (SSSR count). The van der Waals surface area contributed by atoms with E-state index in [-0.39, 0.29) is 5.41 Å². The maximum absolute atomic E-state index is 6.13. The summed E-state index contributed by atoms with van der Waals surface area (Å²) in [6.45, 7) is 3.03. The van der Waals surface area contributed by atoms with Gasteiger partial charge >= 0.3 is 0 Å². The molecule has 0 spiro atoms. The molecule has 0 amide bonds. The third kappa shape index (κ3) is 1.93. The van der Waals surface area contributed by atoms with Crippen LogP contribution in [0.2, 0.25) is 0 Å². The van der Waals surface area contributed by atoms with Crippen LogP contribution < -0.4 is 5.73 Å². The fraction of sp³-hybridized carbons (Fsp3) is 0.733. The van der Waals surface area contributed by atoms with Crippen molar-refractivity contribution in [2.75, 3.05) is 6.54 Å². The number of hydrogen-bond acceptors (Lipinski definition) is 2. The summed E-state index contributed by atoms with van der Waals surface area (Å²) < 4.78 is 6.13. The number of nitrogens with two attached hydrogens (primary N) is 1. The molecule has 0 bridgehead atoms. The van der Waals surface area contributed by atoms with Crippen molar-refractivity contribution in [3.05, 3.63) is 23.7 Å². The van der Waals surface area contributed by atoms with Crippen LogP contribution in [0.4, 0.5) is 0 Å². The van der Waals surface area contributed by atoms with E-state index < -0.39 is 0 Å². The predicted molar refractivity (Wildman–Crippen MR) is 69.0 cm³/mol. The monoisotopic (exact) mass is 233 g/mol. The lowest BCUT2D eigenvalue weighted by Crippen LogP contribution is -2.36. The number of furan rings is 1. The highest BCUT2D eigenvalue weighted by Crippen LogP contribution is 2.49. The van der Waals surface area contributed by atoms with E-state index >= 15 is 0 Å². The Morgan fingerprint density at radius 3 is 2.59 bits per heavy atom. The Hall–Kier alpha value is -0.760. The fourth-order valence-electron chi connectivity index (χ4n) is 3.34. The zero-order chi connectivity index (χ0) is 11.9. The summed E-state index contributed by atoms with van der Waals surface area (Å²) in [7, 11) is 0. The van der Waals surface area contributed by atoms with E-state index in [4.69, 9.17) is 10.2 Å². The summed E-state index contributed by atoms with van der Waals surface area (Å²) >= 11 is 0. The molecule has 2 aliphatic carbocycles. The lowest BCUT2D eigenvalue weighted by atomic mass is 9.72. The van der Waals surface area contributed by atoms with E-state index in [1.165, 1.54) is 44.3 Å². The van der Waals surface area contributed by atoms with Crippen LogP contribution in [0.5, 0.6) is 0 Å². The van der Waals surface area contributed by atoms with E-state index in [0.717, 1.165) is 18.2 Å². The van der Waals surface area contributed by atoms with Gasteiger partial charge in [-0.15, -0.1) is 0 Å². The minimum Gasteiger partial charge on any atom is -0.465 e. The summed E-state index contributed by atoms with van der Waals surface area (Å²) in [5, 5.41) is 0. The predicted octanol–water partition coefficient (Wildman–Crippen LogP) is 3.56. The second kappa shape index (κ2) is 4.16. The van der Waals surface area contributed by atoms with E-state index in [2.05, 4.69) is 19.1 Å². The van der Waals surface area contributed by atoms with Gasteiger partial charge in [0.15, 0.2) is 0 Å². The molecule has 2 nitrogen and oxygen atoms in total. The molecule has 0 aromatic carbocycles. The van der Waals surface area contributed by atoms with Gasteiger partial charge in [0.2, 0.25) is 0 Å². The minimum absolute atomic E-state index is 0.147. The van der Waals surface area contributed by atoms with Gasteiger partial charge in [0.25, 0.3) is 0 Å². The van der Waals surface area contributed by atoms with Gasteiger partial charge in [0.05, 0.1) is 0 Å². The van der Waals surface area contributed by atoms with Crippen LogP contribution in [0.25, 0.3) is 0 Å².